The molecule has 33 heavy (non-hydrogen) atoms. The second-order valence-electron chi connectivity index (χ2n) is 5.38. The summed E-state index contributed by atoms with van der Waals surface area (Å²) in [5, 5.41) is 16.6. The van der Waals surface area contributed by atoms with Gasteiger partial charge in [0.2, 0.25) is 0 Å². The molecule has 4 aromatic rings. The van der Waals surface area contributed by atoms with Gasteiger partial charge in [0.15, 0.2) is 0 Å². The number of hydrogen-bond donors (Lipinski definition) is 2. The Labute approximate surface area is 198 Å². The summed E-state index contributed by atoms with van der Waals surface area (Å²) in [5.74, 6) is -17.7. The number of benzene rings is 2. The minimum absolute atomic E-state index is 0. The van der Waals surface area contributed by atoms with Crippen molar-refractivity contribution in [3.63, 3.8) is 0 Å². The van der Waals surface area contributed by atoms with Crippen molar-refractivity contribution < 1.29 is 67.1 Å². The predicted molar refractivity (Wildman–Crippen MR) is 97.6 cm³/mol. The normalized spacial score (nSPS) is 9.21. The van der Waals surface area contributed by atoms with Gasteiger partial charge in [0.25, 0.3) is 0 Å². The fourth-order valence-corrected chi connectivity index (χ4v) is 1.66. The molecule has 0 unspecified atom stereocenters. The topological polar surface area (TPSA) is 40.5 Å². The maximum absolute atomic E-state index is 12.1. The summed E-state index contributed by atoms with van der Waals surface area (Å²) in [5.41, 5.74) is 0. The molecule has 2 nitrogen and oxygen atoms in total. The minimum atomic E-state index is -1.84. The van der Waals surface area contributed by atoms with Gasteiger partial charge in [0, 0.05) is 0 Å². The van der Waals surface area contributed by atoms with E-state index < -0.39 is 58.0 Å². The number of phenols is 2. The molecule has 0 saturated carbocycles. The maximum atomic E-state index is 12.1. The summed E-state index contributed by atoms with van der Waals surface area (Å²) < 4.78 is 96.5. The zero-order valence-electron chi connectivity index (χ0n) is 16.2. The molecule has 2 N–H and O–H groups in total. The largest absolute Gasteiger partial charge is 4.00 e. The van der Waals surface area contributed by atoms with E-state index in [1.54, 1.807) is 0 Å². The van der Waals surface area contributed by atoms with Gasteiger partial charge in [-0.25, -0.2) is 41.8 Å². The van der Waals surface area contributed by atoms with Gasteiger partial charge in [0.05, 0.1) is 58.0 Å². The van der Waals surface area contributed by atoms with Gasteiger partial charge in [-0.2, -0.15) is 36.4 Å². The molecule has 0 atom stereocenters. The van der Waals surface area contributed by atoms with Crippen LogP contribution >= 0.6 is 0 Å². The van der Waals surface area contributed by atoms with E-state index in [1.807, 2.05) is 60.7 Å². The van der Waals surface area contributed by atoms with Crippen LogP contribution in [-0.2, 0) is 21.7 Å². The molecule has 0 aliphatic rings. The molecule has 0 aliphatic heterocycles. The van der Waals surface area contributed by atoms with E-state index in [0.29, 0.717) is 0 Å². The van der Waals surface area contributed by atoms with Crippen LogP contribution in [0.15, 0.2) is 60.7 Å². The fraction of sp³-hybridized carbons (Fsp3) is 0. The Morgan fingerprint density at radius 3 is 0.848 bits per heavy atom. The smallest absolute Gasteiger partial charge is 0.528 e. The number of phenolic OH excluding ortho intramolecular Hbond substituents is 2. The Morgan fingerprint density at radius 1 is 0.485 bits per heavy atom. The van der Waals surface area contributed by atoms with Crippen molar-refractivity contribution in [1.29, 1.82) is 0 Å². The van der Waals surface area contributed by atoms with Gasteiger partial charge in [-0.05, 0) is 0 Å². The summed E-state index contributed by atoms with van der Waals surface area (Å²) in [6, 6.07) is 22.2. The number of aromatic hydroxyl groups is 2. The first-order chi connectivity index (χ1) is 15.1. The second-order valence-corrected chi connectivity index (χ2v) is 5.38. The van der Waals surface area contributed by atoms with Crippen molar-refractivity contribution in [3.05, 3.63) is 119 Å². The van der Waals surface area contributed by atoms with Gasteiger partial charge < -0.3 is 10.2 Å². The summed E-state index contributed by atoms with van der Waals surface area (Å²) in [6.45, 7) is 0. The summed E-state index contributed by atoms with van der Waals surface area (Å²) in [6.07, 6.45) is 0. The molecule has 0 spiro atoms. The number of rotatable bonds is 0. The molecule has 11 heteroatoms. The third-order valence-electron chi connectivity index (χ3n) is 3.15. The van der Waals surface area contributed by atoms with E-state index in [-0.39, 0.29) is 21.7 Å². The SMILES string of the molecule is Oc1c(F)c(F)[c-]c(F)c1F.Oc1c(F)c(F)[c-]c(F)c1F.[Ti+4].c1cc[cH-]c1.c1cc[cH-]c1. The average molecular weight is 508 g/mol. The van der Waals surface area contributed by atoms with Crippen molar-refractivity contribution in [3.8, 4) is 11.5 Å². The van der Waals surface area contributed by atoms with Gasteiger partial charge in [-0.1, -0.05) is 0 Å². The minimum Gasteiger partial charge on any atom is -0.528 e. The summed E-state index contributed by atoms with van der Waals surface area (Å²) in [7, 11) is 0. The van der Waals surface area contributed by atoms with E-state index >= 15 is 0 Å². The van der Waals surface area contributed by atoms with Crippen molar-refractivity contribution >= 4 is 0 Å². The first kappa shape index (κ1) is 29.9. The molecule has 0 radical (unpaired) electrons. The van der Waals surface area contributed by atoms with Crippen LogP contribution < -0.4 is 0 Å². The fourth-order valence-electron chi connectivity index (χ4n) is 1.66. The van der Waals surface area contributed by atoms with Crippen LogP contribution in [0.5, 0.6) is 11.5 Å². The third-order valence-corrected chi connectivity index (χ3v) is 3.15. The van der Waals surface area contributed by atoms with Crippen LogP contribution in [0, 0.1) is 58.7 Å². The Balaban J connectivity index is 0.000000434. The molecule has 4 aromatic carbocycles. The molecule has 0 fully saturated rings. The Bertz CT molecular complexity index is 910. The first-order valence-electron chi connectivity index (χ1n) is 8.29. The third kappa shape index (κ3) is 9.50. The Morgan fingerprint density at radius 2 is 0.697 bits per heavy atom. The molecular formula is C22H12F8O2Ti. The summed E-state index contributed by atoms with van der Waals surface area (Å²) >= 11 is 0. The Hall–Kier alpha value is -3.11. The van der Waals surface area contributed by atoms with Crippen LogP contribution in [0.1, 0.15) is 0 Å². The molecule has 4 rings (SSSR count). The number of halogens is 8. The van der Waals surface area contributed by atoms with Crippen LogP contribution in [0.25, 0.3) is 0 Å². The van der Waals surface area contributed by atoms with E-state index in [2.05, 4.69) is 0 Å². The van der Waals surface area contributed by atoms with E-state index in [0.717, 1.165) is 12.1 Å². The summed E-state index contributed by atoms with van der Waals surface area (Å²) in [4.78, 5) is 0. The van der Waals surface area contributed by atoms with Crippen molar-refractivity contribution in [2.24, 2.45) is 0 Å². The monoisotopic (exact) mass is 508 g/mol. The van der Waals surface area contributed by atoms with E-state index in [4.69, 9.17) is 10.2 Å². The first-order valence-corrected chi connectivity index (χ1v) is 8.29. The molecular weight excluding hydrogens is 496 g/mol. The molecule has 0 heterocycles. The van der Waals surface area contributed by atoms with E-state index in [1.165, 1.54) is 0 Å². The predicted octanol–water partition coefficient (Wildman–Crippen LogP) is 6.31. The molecule has 0 saturated heterocycles. The van der Waals surface area contributed by atoms with Gasteiger partial charge >= 0.3 is 21.7 Å². The van der Waals surface area contributed by atoms with Crippen molar-refractivity contribution in [2.45, 2.75) is 0 Å². The van der Waals surface area contributed by atoms with Gasteiger partial charge in [0.1, 0.15) is 0 Å². The van der Waals surface area contributed by atoms with Crippen LogP contribution in [0.4, 0.5) is 35.1 Å². The molecule has 172 valence electrons. The quantitative estimate of drug-likeness (QED) is 0.127. The zero-order chi connectivity index (χ0) is 24.3. The average Bonchev–Trinajstić information content (AvgIpc) is 3.53. The zero-order valence-corrected chi connectivity index (χ0v) is 17.8. The second kappa shape index (κ2) is 14.9. The van der Waals surface area contributed by atoms with Crippen molar-refractivity contribution in [2.75, 3.05) is 0 Å². The van der Waals surface area contributed by atoms with Gasteiger partial charge in [-0.3, -0.25) is 17.6 Å². The van der Waals surface area contributed by atoms with Crippen LogP contribution in [0.2, 0.25) is 0 Å². The molecule has 0 bridgehead atoms. The molecule has 0 aliphatic carbocycles. The van der Waals surface area contributed by atoms with Gasteiger partial charge in [-0.15, -0.1) is 12.1 Å². The van der Waals surface area contributed by atoms with E-state index in [9.17, 15) is 35.1 Å². The van der Waals surface area contributed by atoms with Crippen LogP contribution in [-0.4, -0.2) is 10.2 Å². The Kier molecular flexibility index (Phi) is 13.5. The van der Waals surface area contributed by atoms with Crippen LogP contribution in [0.3, 0.4) is 0 Å². The molecule has 0 amide bonds. The van der Waals surface area contributed by atoms with Crippen molar-refractivity contribution in [1.82, 2.24) is 0 Å². The standard InChI is InChI=1S/2C6HF4O.2C5H5.Ti/c2*7-2-1-3(8)5(10)6(11)4(2)9;2*1-2-4-5-3-1;/h2*11H;2*1-5H;/q4*-1;+4. The number of hydrogen-bond acceptors (Lipinski definition) is 2. The molecule has 0 aromatic heterocycles. The maximum Gasteiger partial charge on any atom is 4.00 e.